The quantitative estimate of drug-likeness (QED) is 0.444. The number of nitrogens with zero attached hydrogens (tertiary/aromatic N) is 1. The molecule has 0 saturated carbocycles. The van der Waals surface area contributed by atoms with Gasteiger partial charge in [-0.25, -0.2) is 0 Å². The molecule has 0 unspecified atom stereocenters. The Bertz CT molecular complexity index is 50.0. The lowest BCUT2D eigenvalue weighted by Gasteiger charge is -2.20. The van der Waals surface area contributed by atoms with Crippen molar-refractivity contribution in [1.29, 1.82) is 0 Å². The van der Waals surface area contributed by atoms with Crippen molar-refractivity contribution >= 4 is 0 Å². The van der Waals surface area contributed by atoms with E-state index < -0.39 is 0 Å². The van der Waals surface area contributed by atoms with Gasteiger partial charge in [0.15, 0.2) is 0 Å². The van der Waals surface area contributed by atoms with Crippen molar-refractivity contribution in [2.45, 2.75) is 12.8 Å². The first-order chi connectivity index (χ1) is 3.39. The zero-order valence-corrected chi connectivity index (χ0v) is 4.68. The molecule has 0 aromatic heterocycles. The molecule has 1 fully saturated rings. The third-order valence-electron chi connectivity index (χ3n) is 1.18. The van der Waals surface area contributed by atoms with Crippen molar-refractivity contribution in [3.05, 3.63) is 0 Å². The summed E-state index contributed by atoms with van der Waals surface area (Å²) in [5.74, 6) is 0. The van der Waals surface area contributed by atoms with Crippen molar-refractivity contribution in [2.24, 2.45) is 0 Å². The van der Waals surface area contributed by atoms with E-state index in [1.54, 1.807) is 0 Å². The molecule has 42 valence electrons. The third kappa shape index (κ3) is 1.45. The Balaban J connectivity index is 2.12. The lowest BCUT2D eigenvalue weighted by molar-refractivity contribution is -0.161. The van der Waals surface area contributed by atoms with E-state index >= 15 is 0 Å². The smallest absolute Gasteiger partial charge is 0.0685 e. The van der Waals surface area contributed by atoms with Gasteiger partial charge in [0.2, 0.25) is 0 Å². The van der Waals surface area contributed by atoms with Gasteiger partial charge in [0.05, 0.1) is 6.61 Å². The molecule has 2 nitrogen and oxygen atoms in total. The zero-order valence-electron chi connectivity index (χ0n) is 4.68. The first kappa shape index (κ1) is 5.06. The van der Waals surface area contributed by atoms with Gasteiger partial charge in [-0.1, -0.05) is 0 Å². The molecule has 1 aliphatic rings. The van der Waals surface area contributed by atoms with E-state index in [1.807, 2.05) is 12.1 Å². The summed E-state index contributed by atoms with van der Waals surface area (Å²) in [7, 11) is 1.97. The van der Waals surface area contributed by atoms with E-state index in [0.717, 1.165) is 13.2 Å². The van der Waals surface area contributed by atoms with Crippen LogP contribution in [-0.2, 0) is 4.84 Å². The molecule has 0 N–H and O–H groups in total. The van der Waals surface area contributed by atoms with Crippen LogP contribution in [-0.4, -0.2) is 25.3 Å². The van der Waals surface area contributed by atoms with Crippen LogP contribution in [0, 0.1) is 0 Å². The monoisotopic (exact) mass is 101 g/mol. The largest absolute Gasteiger partial charge is 0.299 e. The Morgan fingerprint density at radius 1 is 1.43 bits per heavy atom. The fraction of sp³-hybridized carbons (Fsp3) is 1.00. The number of hydrogen-bond donors (Lipinski definition) is 0. The SMILES string of the molecule is CN1CCCCO1. The third-order valence-corrected chi connectivity index (χ3v) is 1.18. The van der Waals surface area contributed by atoms with Crippen LogP contribution in [0.5, 0.6) is 0 Å². The highest BCUT2D eigenvalue weighted by molar-refractivity contribution is 4.46. The average Bonchev–Trinajstić information content (AvgIpc) is 1.69. The summed E-state index contributed by atoms with van der Waals surface area (Å²) in [4.78, 5) is 5.11. The molecule has 2 heteroatoms. The predicted octanol–water partition coefficient (Wildman–Crippen LogP) is 0.644. The second kappa shape index (κ2) is 2.28. The molecule has 0 aromatic carbocycles. The van der Waals surface area contributed by atoms with Gasteiger partial charge in [0.1, 0.15) is 0 Å². The minimum absolute atomic E-state index is 0.913. The molecule has 0 bridgehead atoms. The Hall–Kier alpha value is -0.0800. The maximum absolute atomic E-state index is 5.11. The van der Waals surface area contributed by atoms with E-state index in [9.17, 15) is 0 Å². The molecule has 1 rings (SSSR count). The van der Waals surface area contributed by atoms with Crippen LogP contribution >= 0.6 is 0 Å². The van der Waals surface area contributed by atoms with Crippen LogP contribution in [0.3, 0.4) is 0 Å². The second-order valence-corrected chi connectivity index (χ2v) is 1.89. The minimum Gasteiger partial charge on any atom is -0.299 e. The number of hydrogen-bond acceptors (Lipinski definition) is 2. The van der Waals surface area contributed by atoms with Crippen LogP contribution in [0.15, 0.2) is 0 Å². The van der Waals surface area contributed by atoms with E-state index in [1.165, 1.54) is 12.8 Å². The molecular formula is C5H11NO. The molecule has 0 aromatic rings. The molecule has 0 spiro atoms. The molecule has 1 saturated heterocycles. The maximum atomic E-state index is 5.11. The zero-order chi connectivity index (χ0) is 5.11. The second-order valence-electron chi connectivity index (χ2n) is 1.89. The first-order valence-corrected chi connectivity index (χ1v) is 2.73. The van der Waals surface area contributed by atoms with Crippen LogP contribution in [0.4, 0.5) is 0 Å². The van der Waals surface area contributed by atoms with Crippen LogP contribution in [0.25, 0.3) is 0 Å². The number of hydroxylamine groups is 2. The van der Waals surface area contributed by atoms with E-state index in [2.05, 4.69) is 0 Å². The van der Waals surface area contributed by atoms with Gasteiger partial charge in [0.25, 0.3) is 0 Å². The molecule has 0 amide bonds. The van der Waals surface area contributed by atoms with Gasteiger partial charge in [-0.2, -0.15) is 5.06 Å². The highest BCUT2D eigenvalue weighted by atomic mass is 16.7. The van der Waals surface area contributed by atoms with E-state index in [0.29, 0.717) is 0 Å². The fourth-order valence-electron chi connectivity index (χ4n) is 0.721. The van der Waals surface area contributed by atoms with Crippen molar-refractivity contribution in [3.8, 4) is 0 Å². The van der Waals surface area contributed by atoms with E-state index in [-0.39, 0.29) is 0 Å². The number of rotatable bonds is 0. The van der Waals surface area contributed by atoms with Gasteiger partial charge in [-0.3, -0.25) is 4.84 Å². The van der Waals surface area contributed by atoms with Gasteiger partial charge in [-0.05, 0) is 12.8 Å². The molecule has 1 heterocycles. The lowest BCUT2D eigenvalue weighted by atomic mass is 10.3. The standard InChI is InChI=1S/C5H11NO/c1-6-4-2-3-5-7-6/h2-5H2,1H3. The summed E-state index contributed by atoms with van der Waals surface area (Å²) >= 11 is 0. The Kier molecular flexibility index (Phi) is 1.65. The Morgan fingerprint density at radius 3 is 2.57 bits per heavy atom. The maximum Gasteiger partial charge on any atom is 0.0685 e. The summed E-state index contributed by atoms with van der Waals surface area (Å²) in [6, 6.07) is 0. The van der Waals surface area contributed by atoms with Crippen molar-refractivity contribution in [3.63, 3.8) is 0 Å². The van der Waals surface area contributed by atoms with Crippen LogP contribution < -0.4 is 0 Å². The van der Waals surface area contributed by atoms with E-state index in [4.69, 9.17) is 4.84 Å². The molecular weight excluding hydrogens is 90.1 g/mol. The molecule has 0 atom stereocenters. The average molecular weight is 101 g/mol. The van der Waals surface area contributed by atoms with Crippen molar-refractivity contribution in [2.75, 3.05) is 20.2 Å². The lowest BCUT2D eigenvalue weighted by Crippen LogP contribution is -2.25. The molecule has 7 heavy (non-hydrogen) atoms. The first-order valence-electron chi connectivity index (χ1n) is 2.73. The summed E-state index contributed by atoms with van der Waals surface area (Å²) in [6.07, 6.45) is 2.51. The summed E-state index contributed by atoms with van der Waals surface area (Å²) in [6.45, 7) is 2.01. The summed E-state index contributed by atoms with van der Waals surface area (Å²) < 4.78 is 0. The minimum atomic E-state index is 0.913. The van der Waals surface area contributed by atoms with Gasteiger partial charge in [-0.15, -0.1) is 0 Å². The molecule has 0 radical (unpaired) electrons. The highest BCUT2D eigenvalue weighted by Crippen LogP contribution is 2.00. The summed E-state index contributed by atoms with van der Waals surface area (Å²) in [5.41, 5.74) is 0. The van der Waals surface area contributed by atoms with Gasteiger partial charge < -0.3 is 0 Å². The Morgan fingerprint density at radius 2 is 2.29 bits per heavy atom. The fourth-order valence-corrected chi connectivity index (χ4v) is 0.721. The Labute approximate surface area is 44.0 Å². The van der Waals surface area contributed by atoms with Crippen molar-refractivity contribution < 1.29 is 4.84 Å². The van der Waals surface area contributed by atoms with Gasteiger partial charge >= 0.3 is 0 Å². The molecule has 0 aliphatic carbocycles. The molecule has 1 aliphatic heterocycles. The highest BCUT2D eigenvalue weighted by Gasteiger charge is 2.02. The predicted molar refractivity (Wildman–Crippen MR) is 27.8 cm³/mol. The van der Waals surface area contributed by atoms with Crippen LogP contribution in [0.1, 0.15) is 12.8 Å². The summed E-state index contributed by atoms with van der Waals surface area (Å²) in [5, 5.41) is 1.89. The van der Waals surface area contributed by atoms with Crippen LogP contribution in [0.2, 0.25) is 0 Å². The van der Waals surface area contributed by atoms with Gasteiger partial charge in [0, 0.05) is 13.6 Å². The normalized spacial score (nSPS) is 25.3. The van der Waals surface area contributed by atoms with Crippen molar-refractivity contribution in [1.82, 2.24) is 5.06 Å². The topological polar surface area (TPSA) is 12.5 Å².